The van der Waals surface area contributed by atoms with E-state index < -0.39 is 18.0 Å². The lowest BCUT2D eigenvalue weighted by Gasteiger charge is -2.22. The molecule has 2 heterocycles. The molecule has 2 aliphatic rings. The van der Waals surface area contributed by atoms with E-state index in [9.17, 15) is 23.5 Å². The van der Waals surface area contributed by atoms with Crippen LogP contribution in [0.1, 0.15) is 41.9 Å². The van der Waals surface area contributed by atoms with Crippen molar-refractivity contribution in [3.8, 4) is 0 Å². The highest BCUT2D eigenvalue weighted by Gasteiger charge is 2.36. The van der Waals surface area contributed by atoms with Gasteiger partial charge in [-0.25, -0.2) is 0 Å². The molecule has 3 rings (SSSR count). The third kappa shape index (κ3) is 5.86. The number of hydrogen-bond acceptors (Lipinski definition) is 4. The molecule has 0 spiro atoms. The van der Waals surface area contributed by atoms with Gasteiger partial charge < -0.3 is 15.1 Å². The Bertz CT molecular complexity index is 874. The average molecular weight is 438 g/mol. The van der Waals surface area contributed by atoms with Gasteiger partial charge >= 0.3 is 5.97 Å². The number of carboxylic acid groups (broad SMARTS) is 1. The van der Waals surface area contributed by atoms with Gasteiger partial charge in [0, 0.05) is 16.2 Å². The van der Waals surface area contributed by atoms with E-state index in [1.165, 1.54) is 23.5 Å². The first-order valence-corrected chi connectivity index (χ1v) is 10.8. The molecule has 1 unspecified atom stereocenters. The van der Waals surface area contributed by atoms with E-state index in [4.69, 9.17) is 5.11 Å². The molecule has 0 aromatic carbocycles. The van der Waals surface area contributed by atoms with Gasteiger partial charge in [0.2, 0.25) is 5.91 Å². The van der Waals surface area contributed by atoms with Crippen LogP contribution >= 0.6 is 11.3 Å². The quantitative estimate of drug-likeness (QED) is 0.571. The van der Waals surface area contributed by atoms with Crippen molar-refractivity contribution in [3.63, 3.8) is 0 Å². The van der Waals surface area contributed by atoms with Crippen LogP contribution in [0.3, 0.4) is 0 Å². The Labute approximate surface area is 178 Å². The van der Waals surface area contributed by atoms with Crippen molar-refractivity contribution in [3.05, 3.63) is 57.8 Å². The van der Waals surface area contributed by atoms with Crippen LogP contribution in [0.4, 0.5) is 8.78 Å². The highest BCUT2D eigenvalue weighted by molar-refractivity contribution is 7.12. The molecule has 1 fully saturated rings. The number of carbonyl (C=O) groups is 2. The van der Waals surface area contributed by atoms with Crippen molar-refractivity contribution in [2.75, 3.05) is 0 Å². The second kappa shape index (κ2) is 9.66. The summed E-state index contributed by atoms with van der Waals surface area (Å²) in [5.41, 5.74) is 0.671. The highest BCUT2D eigenvalue weighted by atomic mass is 32.1. The molecule has 1 amide bonds. The first-order chi connectivity index (χ1) is 14.2. The summed E-state index contributed by atoms with van der Waals surface area (Å²) in [6.45, 7) is 0.501. The van der Waals surface area contributed by atoms with Gasteiger partial charge in [-0.2, -0.15) is 8.78 Å². The molecule has 30 heavy (non-hydrogen) atoms. The minimum absolute atomic E-state index is 0.00660. The summed E-state index contributed by atoms with van der Waals surface area (Å²) in [5.74, 6) is -3.94. The molecule has 8 heteroatoms. The van der Waals surface area contributed by atoms with E-state index in [1.807, 2.05) is 29.2 Å². The van der Waals surface area contributed by atoms with Gasteiger partial charge in [0.05, 0.1) is 19.0 Å². The van der Waals surface area contributed by atoms with Crippen LogP contribution < -0.4 is 0 Å². The molecule has 0 saturated carbocycles. The van der Waals surface area contributed by atoms with Crippen molar-refractivity contribution < 1.29 is 28.6 Å². The second-order valence-corrected chi connectivity index (χ2v) is 8.80. The Hall–Kier alpha value is -2.32. The largest absolute Gasteiger partial charge is 0.481 e. The molecule has 1 aromatic heterocycles. The van der Waals surface area contributed by atoms with Crippen LogP contribution in [-0.2, 0) is 22.6 Å². The maximum atomic E-state index is 13.2. The van der Waals surface area contributed by atoms with Crippen molar-refractivity contribution >= 4 is 23.2 Å². The van der Waals surface area contributed by atoms with Gasteiger partial charge in [-0.05, 0) is 55.5 Å². The van der Waals surface area contributed by atoms with Gasteiger partial charge in [0.15, 0.2) is 0 Å². The summed E-state index contributed by atoms with van der Waals surface area (Å²) >= 11 is 1.53. The fourth-order valence-corrected chi connectivity index (χ4v) is 4.57. The van der Waals surface area contributed by atoms with Crippen LogP contribution in [0.2, 0.25) is 0 Å². The average Bonchev–Trinajstić information content (AvgIpc) is 3.28. The van der Waals surface area contributed by atoms with Crippen LogP contribution in [0.25, 0.3) is 0 Å². The van der Waals surface area contributed by atoms with Crippen LogP contribution in [0.5, 0.6) is 0 Å². The zero-order chi connectivity index (χ0) is 21.7. The first kappa shape index (κ1) is 22.4. The normalized spacial score (nSPS) is 23.4. The van der Waals surface area contributed by atoms with Crippen molar-refractivity contribution in [1.82, 2.24) is 4.90 Å². The van der Waals surface area contributed by atoms with Gasteiger partial charge in [0.1, 0.15) is 6.10 Å². The molecular weight excluding hydrogens is 412 g/mol. The Kier molecular flexibility index (Phi) is 7.20. The Balaban J connectivity index is 1.51. The number of rotatable bonds is 9. The predicted octanol–water partition coefficient (Wildman–Crippen LogP) is 4.09. The lowest BCUT2D eigenvalue weighted by Crippen LogP contribution is -2.31. The number of carboxylic acids is 1. The number of halogens is 2. The van der Waals surface area contributed by atoms with E-state index in [0.29, 0.717) is 37.8 Å². The van der Waals surface area contributed by atoms with Gasteiger partial charge in [0.25, 0.3) is 5.92 Å². The molecule has 162 valence electrons. The smallest absolute Gasteiger partial charge is 0.303 e. The number of nitrogens with zero attached hydrogens (tertiary/aromatic N) is 1. The summed E-state index contributed by atoms with van der Waals surface area (Å²) in [7, 11) is 0. The molecule has 0 bridgehead atoms. The third-order valence-corrected chi connectivity index (χ3v) is 6.38. The summed E-state index contributed by atoms with van der Waals surface area (Å²) < 4.78 is 26.5. The monoisotopic (exact) mass is 437 g/mol. The number of likely N-dealkylation sites (tertiary alicyclic amines) is 1. The number of hydrogen-bond donors (Lipinski definition) is 2. The Morgan fingerprint density at radius 1 is 1.30 bits per heavy atom. The summed E-state index contributed by atoms with van der Waals surface area (Å²) in [6, 6.07) is 3.85. The van der Waals surface area contributed by atoms with E-state index >= 15 is 0 Å². The number of aryl methyl sites for hydroxylation is 1. The summed E-state index contributed by atoms with van der Waals surface area (Å²) in [5, 5.41) is 18.2. The number of alkyl halides is 2. The van der Waals surface area contributed by atoms with Crippen molar-refractivity contribution in [1.29, 1.82) is 0 Å². The first-order valence-electron chi connectivity index (χ1n) is 9.96. The van der Waals surface area contributed by atoms with E-state index in [2.05, 4.69) is 0 Å². The zero-order valence-electron chi connectivity index (χ0n) is 16.5. The van der Waals surface area contributed by atoms with Crippen LogP contribution in [-0.4, -0.2) is 45.1 Å². The molecule has 0 radical (unpaired) electrons. The molecule has 2 atom stereocenters. The highest BCUT2D eigenvalue weighted by Crippen LogP contribution is 2.29. The van der Waals surface area contributed by atoms with Crippen LogP contribution in [0, 0.1) is 0 Å². The van der Waals surface area contributed by atoms with Gasteiger partial charge in [-0.1, -0.05) is 18.2 Å². The van der Waals surface area contributed by atoms with Gasteiger partial charge in [-0.3, -0.25) is 9.59 Å². The number of thiophene rings is 1. The molecule has 1 aliphatic heterocycles. The summed E-state index contributed by atoms with van der Waals surface area (Å²) in [4.78, 5) is 26.8. The molecule has 5 nitrogen and oxygen atoms in total. The number of aliphatic hydroxyl groups is 1. The van der Waals surface area contributed by atoms with Gasteiger partial charge in [-0.15, -0.1) is 11.3 Å². The number of aliphatic hydroxyl groups excluding tert-OH is 1. The topological polar surface area (TPSA) is 77.8 Å². The summed E-state index contributed by atoms with van der Waals surface area (Å²) in [6.07, 6.45) is 8.42. The van der Waals surface area contributed by atoms with E-state index in [-0.39, 0.29) is 18.4 Å². The Morgan fingerprint density at radius 3 is 2.80 bits per heavy atom. The molecule has 1 aliphatic carbocycles. The van der Waals surface area contributed by atoms with Crippen molar-refractivity contribution in [2.24, 2.45) is 0 Å². The maximum Gasteiger partial charge on any atom is 0.303 e. The number of amides is 1. The lowest BCUT2D eigenvalue weighted by molar-refractivity contribution is -0.137. The maximum absolute atomic E-state index is 13.2. The number of allylic oxidation sites excluding steroid dienone is 3. The molecule has 1 aromatic rings. The standard InChI is InChI=1S/C22H25F2NO4S/c23-22(24)12-11-15(13-19(22)26)3-1-2-4-16-5-9-20(27)25(16)14-18-7-6-17(30-18)8-10-21(28)29/h2,4,6-7,11-13,16,19,26H,1,3,5,8-10,14H2,(H,28,29)/b4-2+/t16-,19?/m0/s1. The fourth-order valence-electron chi connectivity index (χ4n) is 3.56. The fraction of sp³-hybridized carbons (Fsp3) is 0.455. The lowest BCUT2D eigenvalue weighted by atomic mass is 9.98. The van der Waals surface area contributed by atoms with Crippen molar-refractivity contribution in [2.45, 2.75) is 63.1 Å². The molecule has 1 saturated heterocycles. The predicted molar refractivity (Wildman–Crippen MR) is 110 cm³/mol. The van der Waals surface area contributed by atoms with E-state index in [1.54, 1.807) is 0 Å². The molecular formula is C22H25F2NO4S. The minimum atomic E-state index is -3.21. The molecule has 2 N–H and O–H groups in total. The zero-order valence-corrected chi connectivity index (χ0v) is 17.3. The number of carbonyl (C=O) groups excluding carboxylic acids is 1. The second-order valence-electron chi connectivity index (χ2n) is 7.55. The Morgan fingerprint density at radius 2 is 2.07 bits per heavy atom. The number of aliphatic carboxylic acids is 1. The minimum Gasteiger partial charge on any atom is -0.481 e. The van der Waals surface area contributed by atoms with E-state index in [0.717, 1.165) is 22.3 Å². The van der Waals surface area contributed by atoms with Crippen LogP contribution in [0.15, 0.2) is 48.1 Å². The third-order valence-electron chi connectivity index (χ3n) is 5.25. The SMILES string of the molecule is O=C(O)CCc1ccc(CN2C(=O)CC[C@@H]2/C=C/CCC2=CC(O)C(F)(F)C=C2)s1.